The molecular weight excluding hydrogens is 162 g/mol. The zero-order valence-corrected chi connectivity index (χ0v) is 9.98. The molecule has 0 aromatic carbocycles. The molecule has 13 heavy (non-hydrogen) atoms. The molecule has 0 aromatic rings. The molecule has 2 heteroatoms. The van der Waals surface area contributed by atoms with Gasteiger partial charge in [-0.3, -0.25) is 0 Å². The number of hydrogen-bond acceptors (Lipinski definition) is 2. The van der Waals surface area contributed by atoms with Crippen molar-refractivity contribution in [3.05, 3.63) is 0 Å². The molecule has 0 fully saturated rings. The van der Waals surface area contributed by atoms with Crippen LogP contribution in [-0.2, 0) is 4.74 Å². The van der Waals surface area contributed by atoms with Gasteiger partial charge in [0.05, 0.1) is 5.60 Å². The van der Waals surface area contributed by atoms with E-state index >= 15 is 0 Å². The van der Waals surface area contributed by atoms with E-state index in [4.69, 9.17) is 4.74 Å². The third kappa shape index (κ3) is 6.05. The van der Waals surface area contributed by atoms with Gasteiger partial charge in [0.2, 0.25) is 0 Å². The second-order valence-corrected chi connectivity index (χ2v) is 4.54. The van der Waals surface area contributed by atoms with Gasteiger partial charge in [-0.05, 0) is 40.5 Å². The van der Waals surface area contributed by atoms with Gasteiger partial charge in [-0.25, -0.2) is 0 Å². The number of methoxy groups -OCH3 is 1. The van der Waals surface area contributed by atoms with E-state index in [9.17, 15) is 0 Å². The summed E-state index contributed by atoms with van der Waals surface area (Å²) >= 11 is 0. The Morgan fingerprint density at radius 2 is 1.77 bits per heavy atom. The topological polar surface area (TPSA) is 21.3 Å². The molecule has 0 spiro atoms. The van der Waals surface area contributed by atoms with Crippen LogP contribution in [0.15, 0.2) is 0 Å². The summed E-state index contributed by atoms with van der Waals surface area (Å²) in [4.78, 5) is 0. The van der Waals surface area contributed by atoms with Gasteiger partial charge in [-0.15, -0.1) is 0 Å². The summed E-state index contributed by atoms with van der Waals surface area (Å²) in [6.07, 6.45) is 2.23. The average molecular weight is 187 g/mol. The molecule has 0 unspecified atom stereocenters. The Hall–Kier alpha value is -0.0800. The summed E-state index contributed by atoms with van der Waals surface area (Å²) < 4.78 is 5.38. The van der Waals surface area contributed by atoms with Crippen molar-refractivity contribution < 1.29 is 4.74 Å². The van der Waals surface area contributed by atoms with Crippen LogP contribution >= 0.6 is 0 Å². The molecule has 0 heterocycles. The van der Waals surface area contributed by atoms with Gasteiger partial charge in [-0.1, -0.05) is 6.92 Å². The Morgan fingerprint density at radius 1 is 1.23 bits per heavy atom. The molecule has 0 saturated heterocycles. The van der Waals surface area contributed by atoms with E-state index in [-0.39, 0.29) is 5.60 Å². The van der Waals surface area contributed by atoms with E-state index in [1.807, 2.05) is 0 Å². The van der Waals surface area contributed by atoms with E-state index in [1.165, 1.54) is 6.42 Å². The molecule has 0 radical (unpaired) electrons. The van der Waals surface area contributed by atoms with Gasteiger partial charge in [0.1, 0.15) is 0 Å². The second kappa shape index (κ2) is 5.61. The highest BCUT2D eigenvalue weighted by Gasteiger charge is 2.20. The summed E-state index contributed by atoms with van der Waals surface area (Å²) in [7, 11) is 1.77. The molecule has 0 amide bonds. The van der Waals surface area contributed by atoms with Crippen LogP contribution in [0.4, 0.5) is 0 Å². The maximum absolute atomic E-state index is 5.38. The lowest BCUT2D eigenvalue weighted by Gasteiger charge is -2.28. The van der Waals surface area contributed by atoms with Crippen LogP contribution in [0.5, 0.6) is 0 Å². The summed E-state index contributed by atoms with van der Waals surface area (Å²) in [6, 6.07) is 1.12. The molecule has 2 nitrogen and oxygen atoms in total. The minimum atomic E-state index is -0.0140. The molecule has 0 aromatic heterocycles. The average Bonchev–Trinajstić information content (AvgIpc) is 2.03. The largest absolute Gasteiger partial charge is 0.379 e. The first kappa shape index (κ1) is 12.9. The molecular formula is C11H25NO. The summed E-state index contributed by atoms with van der Waals surface area (Å²) in [6.45, 7) is 10.9. The van der Waals surface area contributed by atoms with Crippen LogP contribution in [0.25, 0.3) is 0 Å². The number of rotatable bonds is 6. The number of nitrogens with one attached hydrogen (secondary N) is 1. The Bertz CT molecular complexity index is 134. The first-order valence-corrected chi connectivity index (χ1v) is 5.22. The first-order chi connectivity index (χ1) is 5.91. The van der Waals surface area contributed by atoms with Gasteiger partial charge < -0.3 is 10.1 Å². The number of ether oxygens (including phenoxy) is 1. The fourth-order valence-corrected chi connectivity index (χ4v) is 1.48. The van der Waals surface area contributed by atoms with Crippen LogP contribution in [0.3, 0.4) is 0 Å². The van der Waals surface area contributed by atoms with Gasteiger partial charge in [0, 0.05) is 19.2 Å². The first-order valence-electron chi connectivity index (χ1n) is 5.22. The van der Waals surface area contributed by atoms with Crippen molar-refractivity contribution in [3.8, 4) is 0 Å². The highest BCUT2D eigenvalue weighted by Crippen LogP contribution is 2.15. The van der Waals surface area contributed by atoms with Crippen molar-refractivity contribution in [1.29, 1.82) is 0 Å². The molecule has 0 rings (SSSR count). The van der Waals surface area contributed by atoms with Crippen molar-refractivity contribution in [1.82, 2.24) is 5.32 Å². The molecule has 0 bridgehead atoms. The van der Waals surface area contributed by atoms with Gasteiger partial charge >= 0.3 is 0 Å². The summed E-state index contributed by atoms with van der Waals surface area (Å²) in [5.41, 5.74) is -0.0140. The maximum Gasteiger partial charge on any atom is 0.0637 e. The van der Waals surface area contributed by atoms with Gasteiger partial charge in [0.15, 0.2) is 0 Å². The lowest BCUT2D eigenvalue weighted by atomic mass is 9.99. The fourth-order valence-electron chi connectivity index (χ4n) is 1.48. The van der Waals surface area contributed by atoms with Crippen LogP contribution in [-0.4, -0.2) is 24.8 Å². The van der Waals surface area contributed by atoms with E-state index in [1.54, 1.807) is 7.11 Å². The SMILES string of the molecule is CC[C@H](C)N[C@H](C)CC(C)(C)OC. The zero-order valence-electron chi connectivity index (χ0n) is 9.98. The quantitative estimate of drug-likeness (QED) is 0.690. The van der Waals surface area contributed by atoms with Crippen LogP contribution in [0, 0.1) is 0 Å². The van der Waals surface area contributed by atoms with Crippen molar-refractivity contribution in [2.24, 2.45) is 0 Å². The van der Waals surface area contributed by atoms with E-state index < -0.39 is 0 Å². The van der Waals surface area contributed by atoms with Crippen molar-refractivity contribution in [2.75, 3.05) is 7.11 Å². The van der Waals surface area contributed by atoms with Gasteiger partial charge in [-0.2, -0.15) is 0 Å². The predicted molar refractivity (Wildman–Crippen MR) is 58.1 cm³/mol. The van der Waals surface area contributed by atoms with E-state index in [0.717, 1.165) is 6.42 Å². The highest BCUT2D eigenvalue weighted by atomic mass is 16.5. The fraction of sp³-hybridized carbons (Fsp3) is 1.00. The molecule has 80 valence electrons. The lowest BCUT2D eigenvalue weighted by Crippen LogP contribution is -2.39. The zero-order chi connectivity index (χ0) is 10.5. The molecule has 2 atom stereocenters. The Kier molecular flexibility index (Phi) is 5.57. The van der Waals surface area contributed by atoms with Crippen molar-refractivity contribution >= 4 is 0 Å². The van der Waals surface area contributed by atoms with Gasteiger partial charge in [0.25, 0.3) is 0 Å². The monoisotopic (exact) mass is 187 g/mol. The molecule has 0 aliphatic carbocycles. The highest BCUT2D eigenvalue weighted by molar-refractivity contribution is 4.76. The maximum atomic E-state index is 5.38. The van der Waals surface area contributed by atoms with Crippen LogP contribution in [0.2, 0.25) is 0 Å². The van der Waals surface area contributed by atoms with Crippen molar-refractivity contribution in [2.45, 2.75) is 65.1 Å². The third-order valence-electron chi connectivity index (χ3n) is 2.53. The van der Waals surface area contributed by atoms with E-state index in [0.29, 0.717) is 12.1 Å². The Labute approximate surface area is 83.1 Å². The molecule has 0 aliphatic heterocycles. The molecule has 0 saturated carbocycles. The number of hydrogen-bond donors (Lipinski definition) is 1. The predicted octanol–water partition coefficient (Wildman–Crippen LogP) is 2.58. The normalized spacial score (nSPS) is 17.1. The minimum absolute atomic E-state index is 0.0140. The van der Waals surface area contributed by atoms with E-state index in [2.05, 4.69) is 39.9 Å². The summed E-state index contributed by atoms with van der Waals surface area (Å²) in [5.74, 6) is 0. The molecule has 1 N–H and O–H groups in total. The standard InChI is InChI=1S/C11H25NO/c1-7-9(2)12-10(3)8-11(4,5)13-6/h9-10,12H,7-8H2,1-6H3/t9-,10+/m0/s1. The van der Waals surface area contributed by atoms with Crippen molar-refractivity contribution in [3.63, 3.8) is 0 Å². The van der Waals surface area contributed by atoms with Crippen LogP contribution < -0.4 is 5.32 Å². The lowest BCUT2D eigenvalue weighted by molar-refractivity contribution is 0.00782. The third-order valence-corrected chi connectivity index (χ3v) is 2.53. The minimum Gasteiger partial charge on any atom is -0.379 e. The Morgan fingerprint density at radius 3 is 2.15 bits per heavy atom. The van der Waals surface area contributed by atoms with Crippen LogP contribution in [0.1, 0.15) is 47.5 Å². The summed E-state index contributed by atoms with van der Waals surface area (Å²) in [5, 5.41) is 3.54. The molecule has 0 aliphatic rings. The second-order valence-electron chi connectivity index (χ2n) is 4.54. The Balaban J connectivity index is 3.79. The smallest absolute Gasteiger partial charge is 0.0637 e.